The Balaban J connectivity index is 2.13. The SMILES string of the molecule is CC1=Nc2c(c(C#N)c(N)n2-c2c(C)ccc(O)c2C)C2=NCCN12. The average molecular weight is 334 g/mol. The molecule has 0 radical (unpaired) electrons. The molecule has 7 nitrogen and oxygen atoms in total. The topological polar surface area (TPSA) is 103 Å². The number of nitrogens with zero attached hydrogens (tertiary/aromatic N) is 5. The monoisotopic (exact) mass is 334 g/mol. The third-order valence-corrected chi connectivity index (χ3v) is 4.84. The number of anilines is 1. The number of aryl methyl sites for hydroxylation is 1. The number of nitriles is 1. The van der Waals surface area contributed by atoms with Crippen LogP contribution >= 0.6 is 0 Å². The minimum absolute atomic E-state index is 0.178. The van der Waals surface area contributed by atoms with Crippen LogP contribution in [0.25, 0.3) is 5.69 Å². The van der Waals surface area contributed by atoms with Crippen molar-refractivity contribution in [3.63, 3.8) is 0 Å². The van der Waals surface area contributed by atoms with Gasteiger partial charge in [-0.2, -0.15) is 5.26 Å². The van der Waals surface area contributed by atoms with Gasteiger partial charge >= 0.3 is 0 Å². The standard InChI is InChI=1S/C18H18N6O/c1-9-4-5-13(25)10(2)15(9)24-16(20)12(8-19)14-17-21-6-7-23(17)11(3)22-18(14)24/h4-5,25H,6-7,20H2,1-3H3. The second-order valence-electron chi connectivity index (χ2n) is 6.30. The first kappa shape index (κ1) is 15.3. The summed E-state index contributed by atoms with van der Waals surface area (Å²) in [6, 6.07) is 5.69. The maximum absolute atomic E-state index is 10.2. The molecule has 0 saturated carbocycles. The number of phenolic OH excluding ortho intramolecular Hbond substituents is 1. The minimum Gasteiger partial charge on any atom is -0.508 e. The third-order valence-electron chi connectivity index (χ3n) is 4.84. The first-order valence-electron chi connectivity index (χ1n) is 8.07. The molecule has 3 heterocycles. The van der Waals surface area contributed by atoms with Crippen LogP contribution in [0.15, 0.2) is 22.1 Å². The van der Waals surface area contributed by atoms with Gasteiger partial charge in [-0.15, -0.1) is 0 Å². The van der Waals surface area contributed by atoms with Crippen molar-refractivity contribution >= 4 is 23.3 Å². The van der Waals surface area contributed by atoms with Crippen molar-refractivity contribution in [1.29, 1.82) is 5.26 Å². The van der Waals surface area contributed by atoms with E-state index in [2.05, 4.69) is 11.1 Å². The normalized spacial score (nSPS) is 15.4. The number of rotatable bonds is 1. The molecule has 2 aromatic rings. The maximum atomic E-state index is 10.2. The Kier molecular flexibility index (Phi) is 3.12. The van der Waals surface area contributed by atoms with Gasteiger partial charge in [-0.05, 0) is 32.4 Å². The number of hydrogen-bond donors (Lipinski definition) is 2. The predicted molar refractivity (Wildman–Crippen MR) is 96.9 cm³/mol. The summed E-state index contributed by atoms with van der Waals surface area (Å²) in [6.45, 7) is 7.12. The van der Waals surface area contributed by atoms with E-state index in [1.54, 1.807) is 10.6 Å². The molecule has 0 amide bonds. The van der Waals surface area contributed by atoms with Gasteiger partial charge in [-0.3, -0.25) is 9.56 Å². The summed E-state index contributed by atoms with van der Waals surface area (Å²) in [5.41, 5.74) is 9.78. The van der Waals surface area contributed by atoms with E-state index in [-0.39, 0.29) is 5.75 Å². The zero-order valence-electron chi connectivity index (χ0n) is 14.3. The second-order valence-corrected chi connectivity index (χ2v) is 6.30. The van der Waals surface area contributed by atoms with Crippen molar-refractivity contribution in [2.24, 2.45) is 9.98 Å². The van der Waals surface area contributed by atoms with E-state index < -0.39 is 0 Å². The molecule has 7 heteroatoms. The van der Waals surface area contributed by atoms with E-state index in [1.807, 2.05) is 31.7 Å². The molecule has 0 bridgehead atoms. The van der Waals surface area contributed by atoms with Crippen LogP contribution in [0.3, 0.4) is 0 Å². The summed E-state index contributed by atoms with van der Waals surface area (Å²) in [7, 11) is 0. The molecule has 0 saturated heterocycles. The number of nitrogens with two attached hydrogens (primary N) is 1. The molecule has 126 valence electrons. The summed E-state index contributed by atoms with van der Waals surface area (Å²) < 4.78 is 1.76. The van der Waals surface area contributed by atoms with Crippen LogP contribution in [0.4, 0.5) is 11.6 Å². The van der Waals surface area contributed by atoms with Gasteiger partial charge in [-0.1, -0.05) is 6.07 Å². The molecular weight excluding hydrogens is 316 g/mol. The molecule has 0 unspecified atom stereocenters. The van der Waals surface area contributed by atoms with Gasteiger partial charge in [0.1, 0.15) is 34.9 Å². The number of phenols is 1. The number of benzene rings is 1. The summed E-state index contributed by atoms with van der Waals surface area (Å²) in [4.78, 5) is 11.3. The highest BCUT2D eigenvalue weighted by Gasteiger charge is 2.35. The molecule has 3 N–H and O–H groups in total. The van der Waals surface area contributed by atoms with Gasteiger partial charge in [0.25, 0.3) is 0 Å². The van der Waals surface area contributed by atoms with Crippen LogP contribution in [0.2, 0.25) is 0 Å². The van der Waals surface area contributed by atoms with E-state index in [9.17, 15) is 10.4 Å². The lowest BCUT2D eigenvalue weighted by Gasteiger charge is -2.25. The maximum Gasteiger partial charge on any atom is 0.153 e. The van der Waals surface area contributed by atoms with Crippen molar-refractivity contribution in [2.45, 2.75) is 20.8 Å². The van der Waals surface area contributed by atoms with Crippen LogP contribution in [0.1, 0.15) is 29.2 Å². The number of nitrogen functional groups attached to an aromatic ring is 1. The smallest absolute Gasteiger partial charge is 0.153 e. The quantitative estimate of drug-likeness (QED) is 0.835. The summed E-state index contributed by atoms with van der Waals surface area (Å²) in [6.07, 6.45) is 0. The van der Waals surface area contributed by atoms with Crippen molar-refractivity contribution in [1.82, 2.24) is 9.47 Å². The van der Waals surface area contributed by atoms with Gasteiger partial charge in [-0.25, -0.2) is 4.99 Å². The van der Waals surface area contributed by atoms with E-state index in [1.165, 1.54) is 0 Å². The zero-order chi connectivity index (χ0) is 17.9. The fourth-order valence-corrected chi connectivity index (χ4v) is 3.59. The minimum atomic E-state index is 0.178. The summed E-state index contributed by atoms with van der Waals surface area (Å²) >= 11 is 0. The Bertz CT molecular complexity index is 1020. The number of amidine groups is 2. The van der Waals surface area contributed by atoms with Crippen molar-refractivity contribution in [3.05, 3.63) is 34.4 Å². The number of hydrogen-bond acceptors (Lipinski definition) is 6. The predicted octanol–water partition coefficient (Wildman–Crippen LogP) is 2.38. The van der Waals surface area contributed by atoms with E-state index in [0.29, 0.717) is 34.9 Å². The molecule has 0 atom stereocenters. The van der Waals surface area contributed by atoms with Crippen molar-refractivity contribution in [2.75, 3.05) is 18.8 Å². The molecular formula is C18H18N6O. The number of aliphatic imine (C=N–C) groups is 2. The summed E-state index contributed by atoms with van der Waals surface area (Å²) in [5.74, 6) is 2.66. The third kappa shape index (κ3) is 1.91. The first-order valence-corrected chi connectivity index (χ1v) is 8.07. The van der Waals surface area contributed by atoms with Crippen molar-refractivity contribution in [3.8, 4) is 17.5 Å². The average Bonchev–Trinajstić information content (AvgIpc) is 3.16. The fourth-order valence-electron chi connectivity index (χ4n) is 3.59. The molecule has 2 aliphatic rings. The molecule has 2 aliphatic heterocycles. The number of fused-ring (bicyclic) bond motifs is 3. The van der Waals surface area contributed by atoms with Gasteiger partial charge in [0.05, 0.1) is 17.8 Å². The molecule has 4 rings (SSSR count). The second kappa shape index (κ2) is 5.11. The van der Waals surface area contributed by atoms with E-state index in [4.69, 9.17) is 10.7 Å². The fraction of sp³-hybridized carbons (Fsp3) is 0.278. The molecule has 0 fully saturated rings. The van der Waals surface area contributed by atoms with Gasteiger partial charge < -0.3 is 15.7 Å². The molecule has 0 spiro atoms. The van der Waals surface area contributed by atoms with Crippen molar-refractivity contribution < 1.29 is 5.11 Å². The van der Waals surface area contributed by atoms with Crippen LogP contribution in [-0.4, -0.2) is 39.3 Å². The number of aromatic hydroxyl groups is 1. The van der Waals surface area contributed by atoms with E-state index >= 15 is 0 Å². The van der Waals surface area contributed by atoms with Gasteiger partial charge in [0, 0.05) is 12.1 Å². The lowest BCUT2D eigenvalue weighted by Crippen LogP contribution is -2.35. The Labute approximate surface area is 145 Å². The number of aromatic nitrogens is 1. The Hall–Kier alpha value is -3.27. The highest BCUT2D eigenvalue weighted by Crippen LogP contribution is 2.41. The van der Waals surface area contributed by atoms with Gasteiger partial charge in [0.2, 0.25) is 0 Å². The molecule has 1 aromatic carbocycles. The first-order chi connectivity index (χ1) is 12.0. The molecule has 0 aliphatic carbocycles. The van der Waals surface area contributed by atoms with Crippen LogP contribution in [0.5, 0.6) is 5.75 Å². The summed E-state index contributed by atoms with van der Waals surface area (Å²) in [5, 5.41) is 19.9. The lowest BCUT2D eigenvalue weighted by atomic mass is 10.1. The van der Waals surface area contributed by atoms with E-state index in [0.717, 1.165) is 29.5 Å². The van der Waals surface area contributed by atoms with Crippen LogP contribution in [0, 0.1) is 25.2 Å². The molecule has 1 aromatic heterocycles. The Morgan fingerprint density at radius 1 is 1.28 bits per heavy atom. The van der Waals surface area contributed by atoms with Gasteiger partial charge in [0.15, 0.2) is 5.82 Å². The Morgan fingerprint density at radius 2 is 2.04 bits per heavy atom. The largest absolute Gasteiger partial charge is 0.508 e. The highest BCUT2D eigenvalue weighted by atomic mass is 16.3. The van der Waals surface area contributed by atoms with Crippen LogP contribution in [-0.2, 0) is 0 Å². The zero-order valence-corrected chi connectivity index (χ0v) is 14.3. The highest BCUT2D eigenvalue weighted by molar-refractivity contribution is 6.17. The Morgan fingerprint density at radius 3 is 2.76 bits per heavy atom. The van der Waals surface area contributed by atoms with Crippen LogP contribution < -0.4 is 5.73 Å². The lowest BCUT2D eigenvalue weighted by molar-refractivity contribution is 0.470. The molecule has 25 heavy (non-hydrogen) atoms.